The third kappa shape index (κ3) is 4.33. The molecule has 0 aliphatic rings. The van der Waals surface area contributed by atoms with Crippen molar-refractivity contribution in [1.82, 2.24) is 15.0 Å². The van der Waals surface area contributed by atoms with E-state index in [0.717, 1.165) is 22.1 Å². The fourth-order valence-electron chi connectivity index (χ4n) is 3.26. The summed E-state index contributed by atoms with van der Waals surface area (Å²) >= 11 is 0. The van der Waals surface area contributed by atoms with Gasteiger partial charge < -0.3 is 20.0 Å². The highest BCUT2D eigenvalue weighted by molar-refractivity contribution is 5.99. The highest BCUT2D eigenvalue weighted by atomic mass is 16.5. The predicted octanol–water partition coefficient (Wildman–Crippen LogP) is 3.77. The zero-order valence-electron chi connectivity index (χ0n) is 17.4. The molecule has 33 heavy (non-hydrogen) atoms. The lowest BCUT2D eigenvalue weighted by atomic mass is 10.0. The van der Waals surface area contributed by atoms with E-state index in [1.54, 1.807) is 31.5 Å². The van der Waals surface area contributed by atoms with Crippen molar-refractivity contribution in [3.63, 3.8) is 0 Å². The SMILES string of the molecule is COc1ccc(-c2nc3cccnc3c(=O)o2)c2ccccc12.Nc1cccnc1C(=O)O. The van der Waals surface area contributed by atoms with Gasteiger partial charge in [-0.25, -0.2) is 24.5 Å². The molecule has 0 aliphatic heterocycles. The number of pyridine rings is 2. The van der Waals surface area contributed by atoms with Crippen molar-refractivity contribution >= 4 is 33.5 Å². The van der Waals surface area contributed by atoms with E-state index in [1.165, 1.54) is 12.3 Å². The minimum absolute atomic E-state index is 0.0949. The molecule has 0 saturated carbocycles. The number of nitrogens with two attached hydrogens (primary N) is 1. The summed E-state index contributed by atoms with van der Waals surface area (Å²) in [6.07, 6.45) is 2.93. The van der Waals surface area contributed by atoms with Gasteiger partial charge in [0.25, 0.3) is 0 Å². The second-order valence-corrected chi connectivity index (χ2v) is 6.78. The Bertz CT molecular complexity index is 1530. The predicted molar refractivity (Wildman–Crippen MR) is 123 cm³/mol. The maximum Gasteiger partial charge on any atom is 0.365 e. The van der Waals surface area contributed by atoms with E-state index in [9.17, 15) is 9.59 Å². The maximum absolute atomic E-state index is 12.1. The number of carbonyl (C=O) groups is 1. The molecule has 0 unspecified atom stereocenters. The molecule has 3 aromatic heterocycles. The van der Waals surface area contributed by atoms with Crippen LogP contribution < -0.4 is 16.1 Å². The van der Waals surface area contributed by atoms with Crippen molar-refractivity contribution in [3.05, 3.63) is 89.2 Å². The molecule has 3 N–H and O–H groups in total. The van der Waals surface area contributed by atoms with Crippen LogP contribution in [0.2, 0.25) is 0 Å². The lowest BCUT2D eigenvalue weighted by Crippen LogP contribution is -2.04. The fraction of sp³-hybridized carbons (Fsp3) is 0.0417. The number of aromatic nitrogens is 3. The second-order valence-electron chi connectivity index (χ2n) is 6.78. The van der Waals surface area contributed by atoms with Crippen LogP contribution >= 0.6 is 0 Å². The van der Waals surface area contributed by atoms with E-state index >= 15 is 0 Å². The summed E-state index contributed by atoms with van der Waals surface area (Å²) in [5, 5.41) is 10.3. The van der Waals surface area contributed by atoms with E-state index in [-0.39, 0.29) is 22.8 Å². The average molecular weight is 442 g/mol. The van der Waals surface area contributed by atoms with Gasteiger partial charge in [-0.1, -0.05) is 24.3 Å². The first kappa shape index (κ1) is 21.4. The highest BCUT2D eigenvalue weighted by Gasteiger charge is 2.13. The number of aromatic carboxylic acids is 1. The van der Waals surface area contributed by atoms with Gasteiger partial charge in [-0.15, -0.1) is 0 Å². The number of rotatable bonds is 3. The molecule has 2 aromatic carbocycles. The normalized spacial score (nSPS) is 10.5. The molecule has 0 saturated heterocycles. The van der Waals surface area contributed by atoms with Gasteiger partial charge in [0.15, 0.2) is 11.2 Å². The number of benzene rings is 2. The Hall–Kier alpha value is -4.79. The number of carboxylic acids is 1. The van der Waals surface area contributed by atoms with Crippen LogP contribution in [0.3, 0.4) is 0 Å². The van der Waals surface area contributed by atoms with Crippen LogP contribution in [0.4, 0.5) is 5.69 Å². The zero-order valence-corrected chi connectivity index (χ0v) is 17.4. The lowest BCUT2D eigenvalue weighted by molar-refractivity contribution is 0.0691. The molecule has 3 heterocycles. The van der Waals surface area contributed by atoms with Crippen molar-refractivity contribution in [2.24, 2.45) is 0 Å². The van der Waals surface area contributed by atoms with E-state index in [4.69, 9.17) is 20.0 Å². The summed E-state index contributed by atoms with van der Waals surface area (Å²) in [5.41, 5.74) is 6.36. The van der Waals surface area contributed by atoms with Gasteiger partial charge >= 0.3 is 11.6 Å². The molecular formula is C24H18N4O5. The number of hydrogen-bond donors (Lipinski definition) is 2. The molecule has 9 nitrogen and oxygen atoms in total. The zero-order chi connectivity index (χ0) is 23.4. The number of hydrogen-bond acceptors (Lipinski definition) is 8. The summed E-state index contributed by atoms with van der Waals surface area (Å²) < 4.78 is 10.8. The Morgan fingerprint density at radius 1 is 0.970 bits per heavy atom. The molecule has 0 amide bonds. The molecular weight excluding hydrogens is 424 g/mol. The number of nitrogen functional groups attached to an aromatic ring is 1. The summed E-state index contributed by atoms with van der Waals surface area (Å²) in [6, 6.07) is 18.0. The van der Waals surface area contributed by atoms with Crippen LogP contribution in [0.5, 0.6) is 5.75 Å². The number of carboxylic acid groups (broad SMARTS) is 1. The molecule has 0 radical (unpaired) electrons. The Balaban J connectivity index is 0.000000219. The van der Waals surface area contributed by atoms with E-state index in [0.29, 0.717) is 5.52 Å². The molecule has 164 valence electrons. The Morgan fingerprint density at radius 2 is 1.70 bits per heavy atom. The smallest absolute Gasteiger partial charge is 0.365 e. The Kier molecular flexibility index (Phi) is 5.94. The molecule has 9 heteroatoms. The van der Waals surface area contributed by atoms with Gasteiger partial charge in [0, 0.05) is 23.3 Å². The molecule has 0 atom stereocenters. The van der Waals surface area contributed by atoms with E-state index < -0.39 is 11.6 Å². The minimum atomic E-state index is -1.10. The van der Waals surface area contributed by atoms with Crippen molar-refractivity contribution in [2.45, 2.75) is 0 Å². The van der Waals surface area contributed by atoms with Crippen molar-refractivity contribution in [1.29, 1.82) is 0 Å². The van der Waals surface area contributed by atoms with Gasteiger partial charge in [0.1, 0.15) is 11.3 Å². The molecule has 5 aromatic rings. The largest absolute Gasteiger partial charge is 0.496 e. The van der Waals surface area contributed by atoms with Gasteiger partial charge in [-0.2, -0.15) is 0 Å². The maximum atomic E-state index is 12.1. The average Bonchev–Trinajstić information content (AvgIpc) is 2.84. The van der Waals surface area contributed by atoms with Crippen LogP contribution in [0, 0.1) is 0 Å². The van der Waals surface area contributed by atoms with Crippen molar-refractivity contribution < 1.29 is 19.1 Å². The Morgan fingerprint density at radius 3 is 2.39 bits per heavy atom. The molecule has 0 spiro atoms. The van der Waals surface area contributed by atoms with Crippen LogP contribution in [0.25, 0.3) is 33.3 Å². The number of nitrogens with zero attached hydrogens (tertiary/aromatic N) is 3. The highest BCUT2D eigenvalue weighted by Crippen LogP contribution is 2.33. The second kappa shape index (κ2) is 9.15. The van der Waals surface area contributed by atoms with Crippen LogP contribution in [0.1, 0.15) is 10.5 Å². The third-order valence-corrected chi connectivity index (χ3v) is 4.77. The Labute approximate surface area is 187 Å². The van der Waals surface area contributed by atoms with Gasteiger partial charge in [0.2, 0.25) is 5.89 Å². The van der Waals surface area contributed by atoms with Crippen molar-refractivity contribution in [2.75, 3.05) is 12.8 Å². The van der Waals surface area contributed by atoms with Crippen molar-refractivity contribution in [3.8, 4) is 17.2 Å². The van der Waals surface area contributed by atoms with Crippen LogP contribution in [-0.4, -0.2) is 33.1 Å². The monoisotopic (exact) mass is 442 g/mol. The summed E-state index contributed by atoms with van der Waals surface area (Å²) in [7, 11) is 1.63. The number of methoxy groups -OCH3 is 1. The molecule has 0 aliphatic carbocycles. The third-order valence-electron chi connectivity index (χ3n) is 4.77. The first-order valence-electron chi connectivity index (χ1n) is 9.75. The standard InChI is InChI=1S/C18H12N2O3.C6H6N2O2/c1-22-15-9-8-13(11-5-2-3-6-12(11)15)17-20-14-7-4-10-19-16(14)18(21)23-17;7-4-2-1-3-8-5(4)6(9)10/h2-10H,1H3;1-3H,7H2,(H,9,10). The van der Waals surface area contributed by atoms with Gasteiger partial charge in [0.05, 0.1) is 12.8 Å². The number of fused-ring (bicyclic) bond motifs is 2. The van der Waals surface area contributed by atoms with Crippen LogP contribution in [0.15, 0.2) is 82.3 Å². The summed E-state index contributed by atoms with van der Waals surface area (Å²) in [5.74, 6) is -0.0680. The summed E-state index contributed by atoms with van der Waals surface area (Å²) in [4.78, 5) is 34.4. The molecule has 5 rings (SSSR count). The number of anilines is 1. The van der Waals surface area contributed by atoms with E-state index in [1.807, 2.05) is 36.4 Å². The summed E-state index contributed by atoms with van der Waals surface area (Å²) in [6.45, 7) is 0. The first-order valence-corrected chi connectivity index (χ1v) is 9.75. The van der Waals surface area contributed by atoms with Gasteiger partial charge in [-0.05, 0) is 41.8 Å². The molecule has 0 fully saturated rings. The topological polar surface area (TPSA) is 141 Å². The minimum Gasteiger partial charge on any atom is -0.496 e. The van der Waals surface area contributed by atoms with E-state index in [2.05, 4.69) is 15.0 Å². The molecule has 0 bridgehead atoms. The number of ether oxygens (including phenoxy) is 1. The van der Waals surface area contributed by atoms with Gasteiger partial charge in [-0.3, -0.25) is 0 Å². The quantitative estimate of drug-likeness (QED) is 0.427. The fourth-order valence-corrected chi connectivity index (χ4v) is 3.26. The first-order chi connectivity index (χ1) is 16.0. The van der Waals surface area contributed by atoms with Crippen LogP contribution in [-0.2, 0) is 0 Å². The lowest BCUT2D eigenvalue weighted by Gasteiger charge is -2.09.